The van der Waals surface area contributed by atoms with Gasteiger partial charge in [-0.25, -0.2) is 0 Å². The van der Waals surface area contributed by atoms with Gasteiger partial charge in [-0.1, -0.05) is 19.1 Å². The summed E-state index contributed by atoms with van der Waals surface area (Å²) >= 11 is 0. The van der Waals surface area contributed by atoms with Gasteiger partial charge < -0.3 is 5.32 Å². The molecule has 0 aromatic carbocycles. The Bertz CT molecular complexity index is 396. The first-order valence-electron chi connectivity index (χ1n) is 7.46. The van der Waals surface area contributed by atoms with E-state index in [2.05, 4.69) is 41.3 Å². The number of nitrogens with one attached hydrogen (secondary N) is 1. The number of rotatable bonds is 6. The van der Waals surface area contributed by atoms with Gasteiger partial charge in [0, 0.05) is 12.6 Å². The summed E-state index contributed by atoms with van der Waals surface area (Å²) in [5.41, 5.74) is 1.31. The third-order valence-corrected chi connectivity index (χ3v) is 4.62. The van der Waals surface area contributed by atoms with Crippen molar-refractivity contribution in [2.75, 3.05) is 19.6 Å². The third-order valence-electron chi connectivity index (χ3n) is 4.62. The molecule has 5 nitrogen and oxygen atoms in total. The molecule has 5 heteroatoms. The standard InChI is InChI=1S/C14H27N5/c1-5-14(3,19-9-7-8-10-19)13(15-6-2)12-11-16-17-18(12)4/h11,13,15H,5-10H2,1-4H3. The summed E-state index contributed by atoms with van der Waals surface area (Å²) in [6, 6.07) is 0.278. The Balaban J connectivity index is 2.32. The van der Waals surface area contributed by atoms with E-state index >= 15 is 0 Å². The Hall–Kier alpha value is -0.940. The van der Waals surface area contributed by atoms with E-state index in [0.717, 1.165) is 13.0 Å². The second-order valence-electron chi connectivity index (χ2n) is 5.68. The van der Waals surface area contributed by atoms with Gasteiger partial charge in [-0.05, 0) is 45.8 Å². The number of hydrogen-bond acceptors (Lipinski definition) is 4. The zero-order chi connectivity index (χ0) is 13.9. The maximum Gasteiger partial charge on any atom is 0.0772 e. The molecule has 2 heterocycles. The highest BCUT2D eigenvalue weighted by atomic mass is 15.4. The molecular weight excluding hydrogens is 238 g/mol. The highest BCUT2D eigenvalue weighted by molar-refractivity contribution is 5.12. The van der Waals surface area contributed by atoms with Crippen LogP contribution in [0.25, 0.3) is 0 Å². The predicted molar refractivity (Wildman–Crippen MR) is 76.9 cm³/mol. The van der Waals surface area contributed by atoms with Crippen LogP contribution in [0.3, 0.4) is 0 Å². The van der Waals surface area contributed by atoms with Crippen molar-refractivity contribution >= 4 is 0 Å². The molecule has 1 aromatic rings. The second kappa shape index (κ2) is 6.01. The lowest BCUT2D eigenvalue weighted by atomic mass is 9.85. The van der Waals surface area contributed by atoms with Crippen molar-refractivity contribution in [3.8, 4) is 0 Å². The van der Waals surface area contributed by atoms with Gasteiger partial charge in [0.25, 0.3) is 0 Å². The first kappa shape index (κ1) is 14.5. The fourth-order valence-electron chi connectivity index (χ4n) is 3.24. The zero-order valence-electron chi connectivity index (χ0n) is 12.7. The molecule has 1 aromatic heterocycles. The monoisotopic (exact) mass is 265 g/mol. The smallest absolute Gasteiger partial charge is 0.0772 e. The van der Waals surface area contributed by atoms with Crippen molar-refractivity contribution in [1.29, 1.82) is 0 Å². The summed E-state index contributed by atoms with van der Waals surface area (Å²) in [7, 11) is 1.98. The van der Waals surface area contributed by atoms with Gasteiger partial charge in [-0.2, -0.15) is 0 Å². The predicted octanol–water partition coefficient (Wildman–Crippen LogP) is 1.73. The van der Waals surface area contributed by atoms with E-state index in [1.165, 1.54) is 31.6 Å². The maximum absolute atomic E-state index is 4.10. The third kappa shape index (κ3) is 2.67. The molecule has 2 rings (SSSR count). The molecule has 0 bridgehead atoms. The number of aryl methyl sites for hydroxylation is 1. The summed E-state index contributed by atoms with van der Waals surface area (Å²) < 4.78 is 1.90. The van der Waals surface area contributed by atoms with Gasteiger partial charge in [0.15, 0.2) is 0 Å². The fourth-order valence-corrected chi connectivity index (χ4v) is 3.24. The molecule has 1 aliphatic heterocycles. The lowest BCUT2D eigenvalue weighted by molar-refractivity contribution is 0.0813. The van der Waals surface area contributed by atoms with E-state index < -0.39 is 0 Å². The van der Waals surface area contributed by atoms with E-state index in [1.54, 1.807) is 0 Å². The molecule has 0 amide bonds. The molecule has 108 valence electrons. The topological polar surface area (TPSA) is 46.0 Å². The molecule has 19 heavy (non-hydrogen) atoms. The van der Waals surface area contributed by atoms with Crippen LogP contribution < -0.4 is 5.32 Å². The Labute approximate surface area is 116 Å². The first-order chi connectivity index (χ1) is 9.13. The van der Waals surface area contributed by atoms with Crippen molar-refractivity contribution in [2.24, 2.45) is 7.05 Å². The lowest BCUT2D eigenvalue weighted by Crippen LogP contribution is -2.53. The Morgan fingerprint density at radius 2 is 2.05 bits per heavy atom. The minimum absolute atomic E-state index is 0.127. The molecule has 0 spiro atoms. The zero-order valence-corrected chi connectivity index (χ0v) is 12.7. The normalized spacial score (nSPS) is 21.5. The Morgan fingerprint density at radius 1 is 1.37 bits per heavy atom. The lowest BCUT2D eigenvalue weighted by Gasteiger charge is -2.44. The minimum atomic E-state index is 0.127. The van der Waals surface area contributed by atoms with Crippen molar-refractivity contribution in [2.45, 2.75) is 51.6 Å². The Kier molecular flexibility index (Phi) is 4.58. The van der Waals surface area contributed by atoms with E-state index in [4.69, 9.17) is 0 Å². The van der Waals surface area contributed by atoms with Crippen LogP contribution in [-0.4, -0.2) is 45.1 Å². The van der Waals surface area contributed by atoms with Gasteiger partial charge >= 0.3 is 0 Å². The summed E-state index contributed by atoms with van der Waals surface area (Å²) in [5.74, 6) is 0. The average Bonchev–Trinajstić information content (AvgIpc) is 3.06. The molecule has 1 saturated heterocycles. The van der Waals surface area contributed by atoms with Gasteiger partial charge in [-0.15, -0.1) is 5.10 Å². The summed E-state index contributed by atoms with van der Waals surface area (Å²) in [6.45, 7) is 10.2. The van der Waals surface area contributed by atoms with E-state index in [0.29, 0.717) is 0 Å². The van der Waals surface area contributed by atoms with Gasteiger partial charge in [-0.3, -0.25) is 9.58 Å². The summed E-state index contributed by atoms with van der Waals surface area (Å²) in [4.78, 5) is 2.63. The maximum atomic E-state index is 4.10. The molecular formula is C14H27N5. The minimum Gasteiger partial charge on any atom is -0.307 e. The van der Waals surface area contributed by atoms with Crippen LogP contribution >= 0.6 is 0 Å². The van der Waals surface area contributed by atoms with Gasteiger partial charge in [0.2, 0.25) is 0 Å². The number of likely N-dealkylation sites (tertiary alicyclic amines) is 1. The fraction of sp³-hybridized carbons (Fsp3) is 0.857. The SMILES string of the molecule is CCNC(c1cnnn1C)C(C)(CC)N1CCCC1. The van der Waals surface area contributed by atoms with E-state index in [-0.39, 0.29) is 11.6 Å². The number of aromatic nitrogens is 3. The Morgan fingerprint density at radius 3 is 2.53 bits per heavy atom. The molecule has 2 unspecified atom stereocenters. The van der Waals surface area contributed by atoms with Crippen LogP contribution in [0.5, 0.6) is 0 Å². The first-order valence-corrected chi connectivity index (χ1v) is 7.46. The largest absolute Gasteiger partial charge is 0.307 e. The molecule has 0 saturated carbocycles. The molecule has 1 fully saturated rings. The van der Waals surface area contributed by atoms with E-state index in [1.807, 2.05) is 17.9 Å². The quantitative estimate of drug-likeness (QED) is 0.851. The number of nitrogens with zero attached hydrogens (tertiary/aromatic N) is 4. The number of hydrogen-bond donors (Lipinski definition) is 1. The van der Waals surface area contributed by atoms with Crippen LogP contribution in [0.2, 0.25) is 0 Å². The molecule has 1 aliphatic rings. The molecule has 1 N–H and O–H groups in total. The van der Waals surface area contributed by atoms with Crippen molar-refractivity contribution in [3.05, 3.63) is 11.9 Å². The van der Waals surface area contributed by atoms with Crippen LogP contribution in [0, 0.1) is 0 Å². The van der Waals surface area contributed by atoms with Gasteiger partial charge in [0.05, 0.1) is 17.9 Å². The summed E-state index contributed by atoms with van der Waals surface area (Å²) in [5, 5.41) is 11.8. The van der Waals surface area contributed by atoms with E-state index in [9.17, 15) is 0 Å². The van der Waals surface area contributed by atoms with Crippen LogP contribution in [-0.2, 0) is 7.05 Å². The second-order valence-corrected chi connectivity index (χ2v) is 5.68. The average molecular weight is 265 g/mol. The van der Waals surface area contributed by atoms with Crippen LogP contribution in [0.1, 0.15) is 51.8 Å². The van der Waals surface area contributed by atoms with Gasteiger partial charge in [0.1, 0.15) is 0 Å². The molecule has 2 atom stereocenters. The molecule has 0 radical (unpaired) electrons. The van der Waals surface area contributed by atoms with Crippen LogP contribution in [0.4, 0.5) is 0 Å². The molecule has 0 aliphatic carbocycles. The number of likely N-dealkylation sites (N-methyl/N-ethyl adjacent to an activating group) is 1. The summed E-state index contributed by atoms with van der Waals surface area (Å²) in [6.07, 6.45) is 5.66. The van der Waals surface area contributed by atoms with Crippen molar-refractivity contribution in [1.82, 2.24) is 25.2 Å². The van der Waals surface area contributed by atoms with Crippen molar-refractivity contribution in [3.63, 3.8) is 0 Å². The highest BCUT2D eigenvalue weighted by Crippen LogP contribution is 2.35. The van der Waals surface area contributed by atoms with Crippen molar-refractivity contribution < 1.29 is 0 Å². The van der Waals surface area contributed by atoms with Crippen LogP contribution in [0.15, 0.2) is 6.20 Å². The highest BCUT2D eigenvalue weighted by Gasteiger charge is 2.41.